The second kappa shape index (κ2) is 12.7. The molecule has 4 rings (SSSR count). The molecule has 0 bridgehead atoms. The Labute approximate surface area is 238 Å². The molecule has 2 aromatic rings. The van der Waals surface area contributed by atoms with Crippen molar-refractivity contribution in [1.29, 1.82) is 0 Å². The van der Waals surface area contributed by atoms with Crippen LogP contribution in [0.2, 0.25) is 0 Å². The SMILES string of the molecule is Cc1nc(C)c(COC(=O)C2CCCN2C(O)C2(NC(=O)C(O)Cc3ccc(O)c(O)c3)CCSCC2)nc1C. The highest BCUT2D eigenvalue weighted by Crippen LogP contribution is 2.35. The van der Waals surface area contributed by atoms with Crippen molar-refractivity contribution in [2.24, 2.45) is 0 Å². The molecule has 0 radical (unpaired) electrons. The van der Waals surface area contributed by atoms with Crippen LogP contribution >= 0.6 is 11.8 Å². The van der Waals surface area contributed by atoms with Crippen molar-refractivity contribution in [2.75, 3.05) is 18.1 Å². The second-order valence-corrected chi connectivity index (χ2v) is 11.8. The van der Waals surface area contributed by atoms with Crippen molar-refractivity contribution >= 4 is 23.6 Å². The number of carbonyl (C=O) groups excluding carboxylic acids is 2. The molecule has 3 heterocycles. The van der Waals surface area contributed by atoms with E-state index in [9.17, 15) is 30.0 Å². The lowest BCUT2D eigenvalue weighted by Crippen LogP contribution is -2.66. The molecule has 2 aliphatic rings. The number of aliphatic hydroxyl groups excluding tert-OH is 2. The number of ether oxygens (including phenoxy) is 1. The van der Waals surface area contributed by atoms with Gasteiger partial charge in [0, 0.05) is 13.0 Å². The maximum Gasteiger partial charge on any atom is 0.323 e. The second-order valence-electron chi connectivity index (χ2n) is 10.6. The number of hydrogen-bond acceptors (Lipinski definition) is 11. The number of aromatic hydroxyl groups is 2. The van der Waals surface area contributed by atoms with Gasteiger partial charge in [-0.15, -0.1) is 0 Å². The largest absolute Gasteiger partial charge is 0.504 e. The number of esters is 1. The Kier molecular flexibility index (Phi) is 9.55. The number of phenols is 2. The summed E-state index contributed by atoms with van der Waals surface area (Å²) in [5.74, 6) is -0.344. The number of phenolic OH excluding ortho intramolecular Hbond substituents is 2. The molecular formula is C28H38N4O7S. The van der Waals surface area contributed by atoms with E-state index in [-0.39, 0.29) is 24.5 Å². The third-order valence-electron chi connectivity index (χ3n) is 7.83. The number of likely N-dealkylation sites (tertiary alicyclic amines) is 1. The Balaban J connectivity index is 1.44. The molecule has 3 unspecified atom stereocenters. The summed E-state index contributed by atoms with van der Waals surface area (Å²) in [4.78, 5) is 37.0. The van der Waals surface area contributed by atoms with Gasteiger partial charge in [0.1, 0.15) is 25.0 Å². The van der Waals surface area contributed by atoms with Crippen LogP contribution in [-0.2, 0) is 27.4 Å². The first-order chi connectivity index (χ1) is 19.0. The molecule has 11 nitrogen and oxygen atoms in total. The summed E-state index contributed by atoms with van der Waals surface area (Å²) in [7, 11) is 0. The van der Waals surface area contributed by atoms with Crippen LogP contribution in [0.3, 0.4) is 0 Å². The van der Waals surface area contributed by atoms with Gasteiger partial charge < -0.3 is 30.5 Å². The molecule has 12 heteroatoms. The fourth-order valence-electron chi connectivity index (χ4n) is 5.31. The van der Waals surface area contributed by atoms with Gasteiger partial charge in [-0.25, -0.2) is 0 Å². The average Bonchev–Trinajstić information content (AvgIpc) is 3.42. The number of nitrogens with zero attached hydrogens (tertiary/aromatic N) is 3. The molecule has 40 heavy (non-hydrogen) atoms. The quantitative estimate of drug-likeness (QED) is 0.218. The Morgan fingerprint density at radius 2 is 1.80 bits per heavy atom. The van der Waals surface area contributed by atoms with E-state index < -0.39 is 35.8 Å². The predicted molar refractivity (Wildman–Crippen MR) is 149 cm³/mol. The normalized spacial score (nSPS) is 20.6. The lowest BCUT2D eigenvalue weighted by atomic mass is 9.88. The molecule has 2 saturated heterocycles. The molecule has 2 fully saturated rings. The topological polar surface area (TPSA) is 165 Å². The van der Waals surface area contributed by atoms with Crippen molar-refractivity contribution in [3.05, 3.63) is 46.5 Å². The van der Waals surface area contributed by atoms with Gasteiger partial charge in [0.2, 0.25) is 5.91 Å². The Morgan fingerprint density at radius 3 is 2.50 bits per heavy atom. The maximum absolute atomic E-state index is 13.2. The van der Waals surface area contributed by atoms with E-state index in [1.807, 2.05) is 20.8 Å². The van der Waals surface area contributed by atoms with Crippen molar-refractivity contribution in [2.45, 2.75) is 83.4 Å². The van der Waals surface area contributed by atoms with E-state index in [0.717, 1.165) is 11.4 Å². The van der Waals surface area contributed by atoms with E-state index >= 15 is 0 Å². The fourth-order valence-corrected chi connectivity index (χ4v) is 6.53. The molecule has 0 aliphatic carbocycles. The van der Waals surface area contributed by atoms with Crippen LogP contribution in [0, 0.1) is 20.8 Å². The van der Waals surface area contributed by atoms with Gasteiger partial charge >= 0.3 is 5.97 Å². The van der Waals surface area contributed by atoms with Gasteiger partial charge in [0.15, 0.2) is 11.5 Å². The molecule has 0 saturated carbocycles. The van der Waals surface area contributed by atoms with Gasteiger partial charge in [0.05, 0.1) is 28.3 Å². The van der Waals surface area contributed by atoms with Crippen LogP contribution < -0.4 is 5.32 Å². The molecule has 5 N–H and O–H groups in total. The van der Waals surface area contributed by atoms with Crippen molar-refractivity contribution < 1.29 is 34.8 Å². The molecule has 2 aliphatic heterocycles. The molecule has 218 valence electrons. The number of nitrogens with one attached hydrogen (secondary N) is 1. The lowest BCUT2D eigenvalue weighted by Gasteiger charge is -2.46. The minimum atomic E-state index is -1.44. The first-order valence-corrected chi connectivity index (χ1v) is 14.7. The Bertz CT molecular complexity index is 1240. The minimum absolute atomic E-state index is 0.0171. The van der Waals surface area contributed by atoms with Crippen molar-refractivity contribution in [3.8, 4) is 11.5 Å². The van der Waals surface area contributed by atoms with Crippen LogP contribution in [-0.4, -0.2) is 89.1 Å². The number of hydrogen-bond donors (Lipinski definition) is 5. The summed E-state index contributed by atoms with van der Waals surface area (Å²) in [6.45, 7) is 5.99. The molecule has 3 atom stereocenters. The van der Waals surface area contributed by atoms with Crippen molar-refractivity contribution in [3.63, 3.8) is 0 Å². The fraction of sp³-hybridized carbons (Fsp3) is 0.571. The number of amides is 1. The smallest absolute Gasteiger partial charge is 0.323 e. The molecule has 1 aromatic heterocycles. The van der Waals surface area contributed by atoms with Crippen molar-refractivity contribution in [1.82, 2.24) is 20.2 Å². The summed E-state index contributed by atoms with van der Waals surface area (Å²) in [6, 6.07) is 3.42. The predicted octanol–water partition coefficient (Wildman–Crippen LogP) is 1.62. The number of carbonyl (C=O) groups is 2. The van der Waals surface area contributed by atoms with Gasteiger partial charge in [-0.3, -0.25) is 24.5 Å². The Morgan fingerprint density at radius 1 is 1.10 bits per heavy atom. The molecular weight excluding hydrogens is 536 g/mol. The highest BCUT2D eigenvalue weighted by Gasteiger charge is 2.48. The monoisotopic (exact) mass is 574 g/mol. The maximum atomic E-state index is 13.2. The zero-order chi connectivity index (χ0) is 29.0. The van der Waals surface area contributed by atoms with Crippen LogP contribution in [0.4, 0.5) is 0 Å². The van der Waals surface area contributed by atoms with Crippen LogP contribution in [0.15, 0.2) is 18.2 Å². The van der Waals surface area contributed by atoms with Gasteiger partial charge in [0.25, 0.3) is 0 Å². The Hall–Kier alpha value is -2.93. The number of aryl methyl sites for hydroxylation is 3. The number of aromatic nitrogens is 2. The van der Waals surface area contributed by atoms with Gasteiger partial charge in [-0.1, -0.05) is 6.07 Å². The van der Waals surface area contributed by atoms with E-state index in [0.29, 0.717) is 60.7 Å². The number of rotatable bonds is 9. The van der Waals surface area contributed by atoms with Crippen LogP contribution in [0.1, 0.15) is 54.0 Å². The number of benzene rings is 1. The van der Waals surface area contributed by atoms with Gasteiger partial charge in [-0.2, -0.15) is 11.8 Å². The highest BCUT2D eigenvalue weighted by atomic mass is 32.2. The summed E-state index contributed by atoms with van der Waals surface area (Å²) >= 11 is 1.72. The summed E-state index contributed by atoms with van der Waals surface area (Å²) in [5, 5.41) is 44.5. The first kappa shape index (κ1) is 30.0. The molecule has 0 spiro atoms. The standard InChI is InChI=1S/C28H38N4O7S/c1-16-17(2)30-20(18(3)29-16)15-39-26(37)21-5-4-10-32(21)27(38)28(8-11-40-12-9-28)31-25(36)24(35)14-19-6-7-22(33)23(34)13-19/h6-7,13,21,24,27,33-35,38H,4-5,8-12,14-15H2,1-3H3,(H,31,36). The molecule has 1 aromatic carbocycles. The third kappa shape index (κ3) is 6.68. The lowest BCUT2D eigenvalue weighted by molar-refractivity contribution is -0.159. The highest BCUT2D eigenvalue weighted by molar-refractivity contribution is 7.99. The average molecular weight is 575 g/mol. The van der Waals surface area contributed by atoms with Crippen LogP contribution in [0.25, 0.3) is 0 Å². The van der Waals surface area contributed by atoms with E-state index in [4.69, 9.17) is 4.74 Å². The first-order valence-electron chi connectivity index (χ1n) is 13.5. The summed E-state index contributed by atoms with van der Waals surface area (Å²) in [5.41, 5.74) is 2.29. The summed E-state index contributed by atoms with van der Waals surface area (Å²) < 4.78 is 5.63. The van der Waals surface area contributed by atoms with Crippen LogP contribution in [0.5, 0.6) is 11.5 Å². The number of aliphatic hydroxyl groups is 2. The zero-order valence-corrected chi connectivity index (χ0v) is 23.9. The minimum Gasteiger partial charge on any atom is -0.504 e. The zero-order valence-electron chi connectivity index (χ0n) is 23.1. The van der Waals surface area contributed by atoms with E-state index in [2.05, 4.69) is 15.3 Å². The third-order valence-corrected chi connectivity index (χ3v) is 8.82. The number of thioether (sulfide) groups is 1. The van der Waals surface area contributed by atoms with E-state index in [1.165, 1.54) is 18.2 Å². The van der Waals surface area contributed by atoms with E-state index in [1.54, 1.807) is 16.7 Å². The molecule has 1 amide bonds. The summed E-state index contributed by atoms with van der Waals surface area (Å²) in [6.07, 6.45) is -0.556. The van der Waals surface area contributed by atoms with Gasteiger partial charge in [-0.05, 0) is 75.7 Å².